The first kappa shape index (κ1) is 18.9. The van der Waals surface area contributed by atoms with E-state index in [1.54, 1.807) is 18.4 Å². The lowest BCUT2D eigenvalue weighted by Gasteiger charge is -2.06. The molecule has 6 heteroatoms. The molecular formula is C24H17ClN2O2S. The van der Waals surface area contributed by atoms with Gasteiger partial charge >= 0.3 is 0 Å². The normalized spacial score (nSPS) is 12.0. The summed E-state index contributed by atoms with van der Waals surface area (Å²) < 4.78 is 12.5. The summed E-state index contributed by atoms with van der Waals surface area (Å²) >= 11 is 7.82. The zero-order valence-corrected chi connectivity index (χ0v) is 17.9. The molecule has 5 aromatic rings. The Bertz CT molecular complexity index is 1450. The lowest BCUT2D eigenvalue weighted by Crippen LogP contribution is -2.03. The van der Waals surface area contributed by atoms with Crippen molar-refractivity contribution in [3.8, 4) is 17.1 Å². The first-order valence-electron chi connectivity index (χ1n) is 9.39. The van der Waals surface area contributed by atoms with E-state index in [2.05, 4.69) is 24.0 Å². The molecule has 0 aliphatic heterocycles. The second-order valence-corrected chi connectivity index (χ2v) is 8.39. The second kappa shape index (κ2) is 7.59. The molecule has 0 amide bonds. The number of ether oxygens (including phenoxy) is 1. The van der Waals surface area contributed by atoms with Crippen LogP contribution < -0.4 is 10.1 Å². The van der Waals surface area contributed by atoms with Gasteiger partial charge in [0.1, 0.15) is 17.1 Å². The Morgan fingerprint density at radius 1 is 1.00 bits per heavy atom. The maximum absolute atomic E-state index is 6.26. The number of fused-ring (bicyclic) bond motifs is 2. The second-order valence-electron chi connectivity index (χ2n) is 6.94. The maximum Gasteiger partial charge on any atom is 0.210 e. The molecule has 0 saturated carbocycles. The van der Waals surface area contributed by atoms with Crippen LogP contribution >= 0.6 is 22.9 Å². The van der Waals surface area contributed by atoms with Crippen molar-refractivity contribution in [2.24, 2.45) is 4.99 Å². The topological polar surface area (TPSA) is 47.6 Å². The van der Waals surface area contributed by atoms with E-state index in [-0.39, 0.29) is 0 Å². The lowest BCUT2D eigenvalue weighted by molar-refractivity contribution is 0.415. The van der Waals surface area contributed by atoms with Gasteiger partial charge in [0.05, 0.1) is 22.7 Å². The van der Waals surface area contributed by atoms with E-state index in [0.717, 1.165) is 32.3 Å². The van der Waals surface area contributed by atoms with Crippen LogP contribution in [0.3, 0.4) is 0 Å². The fraction of sp³-hybridized carbons (Fsp3) is 0.0833. The first-order valence-corrected chi connectivity index (χ1v) is 10.6. The smallest absolute Gasteiger partial charge is 0.210 e. The number of methoxy groups -OCH3 is 1. The Morgan fingerprint density at radius 2 is 1.83 bits per heavy atom. The third-order valence-electron chi connectivity index (χ3n) is 4.83. The molecule has 2 heterocycles. The van der Waals surface area contributed by atoms with Gasteiger partial charge in [-0.3, -0.25) is 0 Å². The van der Waals surface area contributed by atoms with Crippen molar-refractivity contribution in [1.29, 1.82) is 0 Å². The van der Waals surface area contributed by atoms with E-state index in [1.165, 1.54) is 5.56 Å². The highest BCUT2D eigenvalue weighted by Gasteiger charge is 2.09. The molecule has 0 aliphatic rings. The molecule has 148 valence electrons. The van der Waals surface area contributed by atoms with Crippen LogP contribution in [-0.4, -0.2) is 12.1 Å². The van der Waals surface area contributed by atoms with Crippen molar-refractivity contribution >= 4 is 49.3 Å². The molecule has 4 nitrogen and oxygen atoms in total. The number of thiazole rings is 1. The van der Waals surface area contributed by atoms with Crippen molar-refractivity contribution in [2.75, 3.05) is 7.11 Å². The van der Waals surface area contributed by atoms with Crippen LogP contribution in [-0.2, 0) is 0 Å². The van der Waals surface area contributed by atoms with E-state index in [0.29, 0.717) is 21.5 Å². The largest absolute Gasteiger partial charge is 0.497 e. The number of aromatic nitrogens is 1. The van der Waals surface area contributed by atoms with E-state index in [1.807, 2.05) is 54.6 Å². The SMILES string of the molecule is COc1ccc(-c2cc(=Nc3nc4ccc(C)cc4s3)c3cc(Cl)ccc3o2)cc1. The van der Waals surface area contributed by atoms with E-state index in [9.17, 15) is 0 Å². The van der Waals surface area contributed by atoms with Gasteiger partial charge in [0.15, 0.2) is 0 Å². The Morgan fingerprint density at radius 3 is 2.63 bits per heavy atom. The lowest BCUT2D eigenvalue weighted by atomic mass is 10.1. The maximum atomic E-state index is 6.26. The molecule has 3 aromatic carbocycles. The van der Waals surface area contributed by atoms with E-state index >= 15 is 0 Å². The Hall–Kier alpha value is -3.15. The van der Waals surface area contributed by atoms with Crippen LogP contribution in [0.4, 0.5) is 5.13 Å². The molecule has 0 unspecified atom stereocenters. The minimum atomic E-state index is 0.631. The third-order valence-corrected chi connectivity index (χ3v) is 5.98. The van der Waals surface area contributed by atoms with Gasteiger partial charge in [-0.05, 0) is 67.1 Å². The standard InChI is InChI=1S/C24H17ClN2O2S/c1-14-3-9-19-23(11-14)30-24(26-19)27-20-13-22(15-4-7-17(28-2)8-5-15)29-21-10-6-16(25)12-18(20)21/h3-13H,1-2H3. The van der Waals surface area contributed by atoms with Crippen LogP contribution in [0.2, 0.25) is 5.02 Å². The Kier molecular flexibility index (Phi) is 4.77. The molecule has 0 spiro atoms. The van der Waals surface area contributed by atoms with Crippen LogP contribution in [0, 0.1) is 6.92 Å². The van der Waals surface area contributed by atoms with Gasteiger partial charge in [-0.2, -0.15) is 0 Å². The molecule has 30 heavy (non-hydrogen) atoms. The summed E-state index contributed by atoms with van der Waals surface area (Å²) in [5, 5.41) is 2.94. The average Bonchev–Trinajstić information content (AvgIpc) is 3.15. The number of benzene rings is 3. The van der Waals surface area contributed by atoms with Gasteiger partial charge in [0.2, 0.25) is 5.13 Å². The highest BCUT2D eigenvalue weighted by molar-refractivity contribution is 7.21. The molecule has 5 rings (SSSR count). The predicted octanol–water partition coefficient (Wildman–Crippen LogP) is 6.91. The first-order chi connectivity index (χ1) is 14.6. The molecule has 0 bridgehead atoms. The van der Waals surface area contributed by atoms with Crippen molar-refractivity contribution in [3.63, 3.8) is 0 Å². The summed E-state index contributed by atoms with van der Waals surface area (Å²) in [5.74, 6) is 1.50. The molecule has 0 atom stereocenters. The van der Waals surface area contributed by atoms with Crippen molar-refractivity contribution in [2.45, 2.75) is 6.92 Å². The number of hydrogen-bond donors (Lipinski definition) is 0. The Labute approximate surface area is 182 Å². The van der Waals surface area contributed by atoms with Gasteiger partial charge in [-0.1, -0.05) is 29.0 Å². The average molecular weight is 433 g/mol. The van der Waals surface area contributed by atoms with Gasteiger partial charge in [-0.15, -0.1) is 0 Å². The quantitative estimate of drug-likeness (QED) is 0.311. The minimum absolute atomic E-state index is 0.631. The van der Waals surface area contributed by atoms with Crippen LogP contribution in [0.15, 0.2) is 76.1 Å². The van der Waals surface area contributed by atoms with Crippen molar-refractivity contribution in [3.05, 3.63) is 82.7 Å². The summed E-state index contributed by atoms with van der Waals surface area (Å²) in [6.45, 7) is 2.07. The molecule has 0 radical (unpaired) electrons. The minimum Gasteiger partial charge on any atom is -0.497 e. The zero-order chi connectivity index (χ0) is 20.7. The highest BCUT2D eigenvalue weighted by atomic mass is 35.5. The summed E-state index contributed by atoms with van der Waals surface area (Å²) in [5.41, 5.74) is 3.80. The predicted molar refractivity (Wildman–Crippen MR) is 123 cm³/mol. The molecule has 2 aromatic heterocycles. The summed E-state index contributed by atoms with van der Waals surface area (Å²) in [4.78, 5) is 9.54. The number of rotatable bonds is 3. The summed E-state index contributed by atoms with van der Waals surface area (Å²) in [7, 11) is 1.65. The molecule has 0 aliphatic carbocycles. The van der Waals surface area contributed by atoms with Crippen molar-refractivity contribution < 1.29 is 9.15 Å². The van der Waals surface area contributed by atoms with Gasteiger partial charge in [0.25, 0.3) is 0 Å². The van der Waals surface area contributed by atoms with E-state index in [4.69, 9.17) is 25.7 Å². The highest BCUT2D eigenvalue weighted by Crippen LogP contribution is 2.30. The van der Waals surface area contributed by atoms with Crippen molar-refractivity contribution in [1.82, 2.24) is 4.98 Å². The number of halogens is 1. The fourth-order valence-electron chi connectivity index (χ4n) is 3.30. The summed E-state index contributed by atoms with van der Waals surface area (Å²) in [6, 6.07) is 21.4. The fourth-order valence-corrected chi connectivity index (χ4v) is 4.42. The van der Waals surface area contributed by atoms with Crippen LogP contribution in [0.5, 0.6) is 5.75 Å². The van der Waals surface area contributed by atoms with Crippen LogP contribution in [0.25, 0.3) is 32.5 Å². The Balaban J connectivity index is 1.73. The number of aryl methyl sites for hydroxylation is 1. The molecular weight excluding hydrogens is 416 g/mol. The van der Waals surface area contributed by atoms with Gasteiger partial charge in [0, 0.05) is 22.0 Å². The number of hydrogen-bond acceptors (Lipinski definition) is 5. The summed E-state index contributed by atoms with van der Waals surface area (Å²) in [6.07, 6.45) is 0. The van der Waals surface area contributed by atoms with E-state index < -0.39 is 0 Å². The monoisotopic (exact) mass is 432 g/mol. The van der Waals surface area contributed by atoms with Crippen LogP contribution in [0.1, 0.15) is 5.56 Å². The number of nitrogens with zero attached hydrogens (tertiary/aromatic N) is 2. The zero-order valence-electron chi connectivity index (χ0n) is 16.3. The molecule has 0 N–H and O–H groups in total. The molecule has 0 fully saturated rings. The van der Waals surface area contributed by atoms with Gasteiger partial charge in [-0.25, -0.2) is 9.98 Å². The third kappa shape index (κ3) is 3.58. The molecule has 0 saturated heterocycles. The van der Waals surface area contributed by atoms with Gasteiger partial charge < -0.3 is 9.15 Å².